The Balaban J connectivity index is 1.66. The second kappa shape index (κ2) is 11.2. The number of nitro benzene ring substituents is 1. The minimum absolute atomic E-state index is 0.153. The molecule has 0 saturated heterocycles. The Labute approximate surface area is 203 Å². The zero-order valence-corrected chi connectivity index (χ0v) is 19.0. The van der Waals surface area contributed by atoms with Gasteiger partial charge in [-0.3, -0.25) is 14.9 Å². The van der Waals surface area contributed by atoms with Gasteiger partial charge in [-0.1, -0.05) is 0 Å². The van der Waals surface area contributed by atoms with Gasteiger partial charge in [-0.05, 0) is 67.1 Å². The van der Waals surface area contributed by atoms with Gasteiger partial charge in [0.2, 0.25) is 5.75 Å². The van der Waals surface area contributed by atoms with Crippen LogP contribution in [0.1, 0.15) is 28.4 Å². The molecular formula is C24H20F3N3O6. The van der Waals surface area contributed by atoms with Crippen LogP contribution in [-0.2, 0) is 6.18 Å². The first-order chi connectivity index (χ1) is 17.1. The van der Waals surface area contributed by atoms with E-state index < -0.39 is 28.3 Å². The largest absolute Gasteiger partial charge is 0.493 e. The quantitative estimate of drug-likeness (QED) is 0.232. The van der Waals surface area contributed by atoms with Crippen molar-refractivity contribution in [3.63, 3.8) is 0 Å². The Bertz CT molecular complexity index is 1280. The maximum absolute atomic E-state index is 12.8. The van der Waals surface area contributed by atoms with Crippen LogP contribution in [0.2, 0.25) is 0 Å². The van der Waals surface area contributed by atoms with E-state index in [1.807, 2.05) is 6.92 Å². The fraction of sp³-hybridized carbons (Fsp3) is 0.167. The number of methoxy groups -OCH3 is 1. The summed E-state index contributed by atoms with van der Waals surface area (Å²) in [7, 11) is 1.46. The molecule has 1 N–H and O–H groups in total. The van der Waals surface area contributed by atoms with Gasteiger partial charge in [0.1, 0.15) is 5.75 Å². The highest BCUT2D eigenvalue weighted by Gasteiger charge is 2.33. The van der Waals surface area contributed by atoms with E-state index in [0.29, 0.717) is 41.4 Å². The standard InChI is InChI=1S/C24H20F3N3O6/c1-3-35-21-10-6-16(12-22(21)34-2)23(31)29-28-14-15-4-8-18(9-5-15)36-20-11-7-17(24(25,26)27)13-19(20)30(32)33/h4-14H,3H2,1-2H3,(H,29,31)/b28-14+. The molecule has 3 aromatic carbocycles. The van der Waals surface area contributed by atoms with E-state index in [2.05, 4.69) is 10.5 Å². The fourth-order valence-electron chi connectivity index (χ4n) is 2.99. The molecule has 0 atom stereocenters. The summed E-state index contributed by atoms with van der Waals surface area (Å²) in [5.74, 6) is 0.233. The molecule has 0 aliphatic rings. The lowest BCUT2D eigenvalue weighted by atomic mass is 10.2. The van der Waals surface area contributed by atoms with E-state index >= 15 is 0 Å². The number of ether oxygens (including phenoxy) is 3. The average Bonchev–Trinajstić information content (AvgIpc) is 2.84. The van der Waals surface area contributed by atoms with Crippen LogP contribution < -0.4 is 19.6 Å². The monoisotopic (exact) mass is 503 g/mol. The lowest BCUT2D eigenvalue weighted by molar-refractivity contribution is -0.385. The molecule has 12 heteroatoms. The smallest absolute Gasteiger partial charge is 0.416 e. The molecule has 188 valence electrons. The molecule has 3 aromatic rings. The van der Waals surface area contributed by atoms with Crippen LogP contribution in [0.25, 0.3) is 0 Å². The summed E-state index contributed by atoms with van der Waals surface area (Å²) >= 11 is 0. The molecule has 0 fully saturated rings. The molecular weight excluding hydrogens is 483 g/mol. The molecule has 3 rings (SSSR count). The second-order valence-electron chi connectivity index (χ2n) is 7.11. The third-order valence-electron chi connectivity index (χ3n) is 4.70. The molecule has 0 aliphatic carbocycles. The molecule has 0 unspecified atom stereocenters. The summed E-state index contributed by atoms with van der Waals surface area (Å²) in [5, 5.41) is 15.1. The fourth-order valence-corrected chi connectivity index (χ4v) is 2.99. The van der Waals surface area contributed by atoms with Crippen LogP contribution in [0, 0.1) is 10.1 Å². The summed E-state index contributed by atoms with van der Waals surface area (Å²) in [6, 6.07) is 12.7. The van der Waals surface area contributed by atoms with Gasteiger partial charge in [0.05, 0.1) is 30.4 Å². The van der Waals surface area contributed by atoms with Crippen molar-refractivity contribution >= 4 is 17.8 Å². The highest BCUT2D eigenvalue weighted by atomic mass is 19.4. The number of alkyl halides is 3. The molecule has 0 spiro atoms. The number of amides is 1. The number of hydrogen-bond donors (Lipinski definition) is 1. The number of hydrazone groups is 1. The Morgan fingerprint density at radius 1 is 1.06 bits per heavy atom. The zero-order chi connectivity index (χ0) is 26.3. The number of nitro groups is 1. The van der Waals surface area contributed by atoms with E-state index in [-0.39, 0.29) is 11.5 Å². The second-order valence-corrected chi connectivity index (χ2v) is 7.11. The van der Waals surface area contributed by atoms with Crippen LogP contribution in [0.5, 0.6) is 23.0 Å². The van der Waals surface area contributed by atoms with E-state index in [4.69, 9.17) is 14.2 Å². The molecule has 0 radical (unpaired) electrons. The molecule has 36 heavy (non-hydrogen) atoms. The van der Waals surface area contributed by atoms with E-state index in [9.17, 15) is 28.1 Å². The topological polar surface area (TPSA) is 112 Å². The van der Waals surface area contributed by atoms with Crippen LogP contribution in [0.4, 0.5) is 18.9 Å². The van der Waals surface area contributed by atoms with Crippen molar-refractivity contribution in [3.8, 4) is 23.0 Å². The molecule has 0 aliphatic heterocycles. The first kappa shape index (κ1) is 26.0. The van der Waals surface area contributed by atoms with Crippen molar-refractivity contribution in [2.45, 2.75) is 13.1 Å². The zero-order valence-electron chi connectivity index (χ0n) is 19.0. The van der Waals surface area contributed by atoms with Crippen LogP contribution in [-0.4, -0.2) is 30.8 Å². The highest BCUT2D eigenvalue weighted by molar-refractivity contribution is 5.95. The van der Waals surface area contributed by atoms with E-state index in [0.717, 1.165) is 6.07 Å². The Hall–Kier alpha value is -4.61. The first-order valence-corrected chi connectivity index (χ1v) is 10.4. The van der Waals surface area contributed by atoms with Gasteiger partial charge in [0.15, 0.2) is 11.5 Å². The Morgan fingerprint density at radius 3 is 2.36 bits per heavy atom. The highest BCUT2D eigenvalue weighted by Crippen LogP contribution is 2.37. The maximum atomic E-state index is 12.8. The predicted molar refractivity (Wildman–Crippen MR) is 124 cm³/mol. The van der Waals surface area contributed by atoms with Crippen LogP contribution in [0.3, 0.4) is 0 Å². The van der Waals surface area contributed by atoms with Gasteiger partial charge < -0.3 is 14.2 Å². The number of carbonyl (C=O) groups excluding carboxylic acids is 1. The molecule has 0 bridgehead atoms. The van der Waals surface area contributed by atoms with Crippen molar-refractivity contribution < 1.29 is 37.1 Å². The number of rotatable bonds is 9. The van der Waals surface area contributed by atoms with Crippen LogP contribution in [0.15, 0.2) is 65.8 Å². The van der Waals surface area contributed by atoms with Crippen molar-refractivity contribution in [1.29, 1.82) is 0 Å². The number of benzene rings is 3. The number of carbonyl (C=O) groups is 1. The summed E-state index contributed by atoms with van der Waals surface area (Å²) in [4.78, 5) is 22.6. The number of nitrogens with zero attached hydrogens (tertiary/aromatic N) is 2. The van der Waals surface area contributed by atoms with Gasteiger partial charge in [-0.2, -0.15) is 18.3 Å². The normalized spacial score (nSPS) is 11.2. The van der Waals surface area contributed by atoms with Crippen molar-refractivity contribution in [2.75, 3.05) is 13.7 Å². The van der Waals surface area contributed by atoms with Gasteiger partial charge in [0, 0.05) is 11.6 Å². The SMILES string of the molecule is CCOc1ccc(C(=O)N/N=C/c2ccc(Oc3ccc(C(F)(F)F)cc3[N+](=O)[O-])cc2)cc1OC. The van der Waals surface area contributed by atoms with Crippen molar-refractivity contribution in [1.82, 2.24) is 5.43 Å². The number of hydrogen-bond acceptors (Lipinski definition) is 7. The number of halogens is 3. The minimum atomic E-state index is -4.72. The van der Waals surface area contributed by atoms with Crippen molar-refractivity contribution in [3.05, 3.63) is 87.5 Å². The van der Waals surface area contributed by atoms with Gasteiger partial charge in [-0.15, -0.1) is 0 Å². The van der Waals surface area contributed by atoms with Gasteiger partial charge >= 0.3 is 11.9 Å². The van der Waals surface area contributed by atoms with Crippen molar-refractivity contribution in [2.24, 2.45) is 5.10 Å². The summed E-state index contributed by atoms with van der Waals surface area (Å²) < 4.78 is 54.6. The van der Waals surface area contributed by atoms with Gasteiger partial charge in [-0.25, -0.2) is 5.43 Å². The lowest BCUT2D eigenvalue weighted by Crippen LogP contribution is -2.17. The predicted octanol–water partition coefficient (Wildman–Crippen LogP) is 5.58. The lowest BCUT2D eigenvalue weighted by Gasteiger charge is -2.10. The number of nitrogens with one attached hydrogen (secondary N) is 1. The Kier molecular flexibility index (Phi) is 8.10. The molecule has 1 amide bonds. The molecule has 0 heterocycles. The third-order valence-corrected chi connectivity index (χ3v) is 4.70. The summed E-state index contributed by atoms with van der Waals surface area (Å²) in [6.45, 7) is 2.27. The summed E-state index contributed by atoms with van der Waals surface area (Å²) in [5.41, 5.74) is 1.26. The van der Waals surface area contributed by atoms with Crippen LogP contribution >= 0.6 is 0 Å². The van der Waals surface area contributed by atoms with E-state index in [1.165, 1.54) is 31.5 Å². The maximum Gasteiger partial charge on any atom is 0.416 e. The molecule has 9 nitrogen and oxygen atoms in total. The average molecular weight is 503 g/mol. The Morgan fingerprint density at radius 2 is 1.75 bits per heavy atom. The first-order valence-electron chi connectivity index (χ1n) is 10.4. The minimum Gasteiger partial charge on any atom is -0.493 e. The summed E-state index contributed by atoms with van der Waals surface area (Å²) in [6.07, 6.45) is -3.37. The third kappa shape index (κ3) is 6.50. The van der Waals surface area contributed by atoms with Gasteiger partial charge in [0.25, 0.3) is 5.91 Å². The molecule has 0 aromatic heterocycles. The van der Waals surface area contributed by atoms with E-state index in [1.54, 1.807) is 24.3 Å². The molecule has 0 saturated carbocycles.